The minimum absolute atomic E-state index is 0.0391. The summed E-state index contributed by atoms with van der Waals surface area (Å²) in [6.07, 6.45) is 1.65. The molecule has 18 heteroatoms. The number of oxime groups is 1. The zero-order chi connectivity index (χ0) is 26.5. The highest BCUT2D eigenvalue weighted by molar-refractivity contribution is 8.01. The molecule has 1 saturated heterocycles. The van der Waals surface area contributed by atoms with E-state index in [1.165, 1.54) is 23.2 Å². The smallest absolute Gasteiger partial charge is 0.352 e. The van der Waals surface area contributed by atoms with Crippen molar-refractivity contribution in [2.24, 2.45) is 5.16 Å². The number of nitrogens with zero attached hydrogens (tertiary/aromatic N) is 6. The highest BCUT2D eigenvalue weighted by Crippen LogP contribution is 2.44. The molecule has 2 aliphatic rings. The maximum Gasteiger partial charge on any atom is 0.352 e. The summed E-state index contributed by atoms with van der Waals surface area (Å²) in [6, 6.07) is -1.00. The lowest BCUT2D eigenvalue weighted by molar-refractivity contribution is -0.150. The first-order valence-corrected chi connectivity index (χ1v) is 13.4. The number of nitrogens with two attached hydrogens (primary N) is 1. The van der Waals surface area contributed by atoms with Crippen LogP contribution in [0.25, 0.3) is 0 Å². The third kappa shape index (κ3) is 5.60. The lowest BCUT2D eigenvalue weighted by Gasteiger charge is -2.50. The predicted octanol–water partition coefficient (Wildman–Crippen LogP) is -0.573. The highest BCUT2D eigenvalue weighted by atomic mass is 32.2. The number of hydrogen-bond donors (Lipinski definition) is 5. The number of amides is 2. The lowest BCUT2D eigenvalue weighted by atomic mass is 10.00. The number of hydrogen-bond acceptors (Lipinski definition) is 14. The van der Waals surface area contributed by atoms with E-state index in [-0.39, 0.29) is 52.8 Å². The number of aliphatic hydroxyl groups is 1. The van der Waals surface area contributed by atoms with Crippen molar-refractivity contribution in [3.05, 3.63) is 35.0 Å². The minimum atomic E-state index is -1.30. The number of β-lactam (4-membered cyclic amide) rings is 1. The van der Waals surface area contributed by atoms with Crippen LogP contribution in [-0.4, -0.2) is 99.8 Å². The van der Waals surface area contributed by atoms with Crippen LogP contribution in [0, 0.1) is 0 Å². The van der Waals surface area contributed by atoms with Crippen molar-refractivity contribution in [2.75, 3.05) is 24.7 Å². The molecule has 37 heavy (non-hydrogen) atoms. The Morgan fingerprint density at radius 3 is 2.95 bits per heavy atom. The standard InChI is InChI=1S/C19H21N9O6S3/c1-2-5-34-25-11(9-7-36-18(20)21-9)14(30)22-12-15(31)28-13(17(32)33)8(6-35-16(12)28)10(3-4-29)37-19-23-26-27-24-19/h2,7,10,12,16,29H,1,3-6H2,(H2,20,21)(H,22,30)(H,32,33)(H,23,24,26,27)/t10?,12?,16-/m1/s1. The van der Waals surface area contributed by atoms with Gasteiger partial charge in [0.25, 0.3) is 11.8 Å². The van der Waals surface area contributed by atoms with E-state index in [9.17, 15) is 24.6 Å². The number of nitrogens with one attached hydrogen (secondary N) is 2. The van der Waals surface area contributed by atoms with Gasteiger partial charge in [0.2, 0.25) is 5.16 Å². The molecule has 0 spiro atoms. The number of thioether (sulfide) groups is 2. The van der Waals surface area contributed by atoms with Gasteiger partial charge in [0.05, 0.1) is 0 Å². The van der Waals surface area contributed by atoms with Crippen molar-refractivity contribution in [3.8, 4) is 0 Å². The summed E-state index contributed by atoms with van der Waals surface area (Å²) in [4.78, 5) is 48.6. The van der Waals surface area contributed by atoms with Gasteiger partial charge >= 0.3 is 5.97 Å². The average Bonchev–Trinajstić information content (AvgIpc) is 3.55. The van der Waals surface area contributed by atoms with Gasteiger partial charge < -0.3 is 26.1 Å². The van der Waals surface area contributed by atoms with Crippen molar-refractivity contribution >= 4 is 63.5 Å². The van der Waals surface area contributed by atoms with E-state index < -0.39 is 34.4 Å². The van der Waals surface area contributed by atoms with Crippen LogP contribution < -0.4 is 11.1 Å². The molecule has 0 bridgehead atoms. The summed E-state index contributed by atoms with van der Waals surface area (Å²) < 4.78 is 0. The van der Waals surface area contributed by atoms with E-state index in [0.717, 1.165) is 28.0 Å². The maximum atomic E-state index is 13.1. The van der Waals surface area contributed by atoms with Crippen LogP contribution >= 0.6 is 34.9 Å². The van der Waals surface area contributed by atoms with Gasteiger partial charge in [0.15, 0.2) is 10.8 Å². The van der Waals surface area contributed by atoms with Gasteiger partial charge in [-0.25, -0.2) is 9.78 Å². The van der Waals surface area contributed by atoms with Gasteiger partial charge in [-0.1, -0.05) is 29.6 Å². The number of carbonyl (C=O) groups excluding carboxylic acids is 2. The molecular weight excluding hydrogens is 546 g/mol. The van der Waals surface area contributed by atoms with E-state index in [1.54, 1.807) is 0 Å². The quantitative estimate of drug-likeness (QED) is 0.0542. The summed E-state index contributed by atoms with van der Waals surface area (Å²) >= 11 is 3.52. The first-order valence-electron chi connectivity index (χ1n) is 10.6. The molecule has 196 valence electrons. The van der Waals surface area contributed by atoms with Gasteiger partial charge in [-0.2, -0.15) is 5.21 Å². The number of tetrazole rings is 1. The lowest BCUT2D eigenvalue weighted by Crippen LogP contribution is -2.71. The molecule has 2 aromatic heterocycles. The number of carboxylic acids is 1. The van der Waals surface area contributed by atoms with Crippen LogP contribution in [-0.2, 0) is 19.2 Å². The fraction of sp³-hybridized carbons (Fsp3) is 0.368. The summed E-state index contributed by atoms with van der Waals surface area (Å²) in [5, 5.41) is 40.3. The second kappa shape index (κ2) is 11.7. The fourth-order valence-electron chi connectivity index (χ4n) is 3.61. The Kier molecular flexibility index (Phi) is 8.41. The number of aliphatic carboxylic acids is 1. The Labute approximate surface area is 221 Å². The molecule has 4 rings (SSSR count). The fourth-order valence-corrected chi connectivity index (χ4v) is 6.68. The molecule has 0 aromatic carbocycles. The third-order valence-electron chi connectivity index (χ3n) is 5.17. The summed E-state index contributed by atoms with van der Waals surface area (Å²) in [5.41, 5.74) is 5.91. The van der Waals surface area contributed by atoms with Crippen LogP contribution in [0.3, 0.4) is 0 Å². The normalized spacial score (nSPS) is 20.2. The molecule has 2 aliphatic heterocycles. The van der Waals surface area contributed by atoms with Crippen molar-refractivity contribution in [3.63, 3.8) is 0 Å². The van der Waals surface area contributed by atoms with E-state index in [0.29, 0.717) is 5.57 Å². The highest BCUT2D eigenvalue weighted by Gasteiger charge is 2.55. The largest absolute Gasteiger partial charge is 0.477 e. The maximum absolute atomic E-state index is 13.1. The molecule has 2 aromatic rings. The number of anilines is 1. The molecule has 3 atom stereocenters. The molecule has 1 fully saturated rings. The first kappa shape index (κ1) is 26.6. The van der Waals surface area contributed by atoms with E-state index in [2.05, 4.69) is 42.7 Å². The molecule has 4 heterocycles. The van der Waals surface area contributed by atoms with E-state index >= 15 is 0 Å². The molecule has 6 N–H and O–H groups in total. The monoisotopic (exact) mass is 567 g/mol. The number of H-pyrrole nitrogens is 1. The number of carboxylic acid groups (broad SMARTS) is 1. The van der Waals surface area contributed by atoms with Crippen LogP contribution in [0.4, 0.5) is 5.13 Å². The molecule has 15 nitrogen and oxygen atoms in total. The third-order valence-corrected chi connectivity index (χ3v) is 8.33. The molecule has 2 unspecified atom stereocenters. The number of fused-ring (bicyclic) bond motifs is 1. The molecular formula is C19H21N9O6S3. The molecule has 0 saturated carbocycles. The van der Waals surface area contributed by atoms with Crippen molar-refractivity contribution < 1.29 is 29.4 Å². The Hall–Kier alpha value is -3.48. The van der Waals surface area contributed by atoms with Crippen LogP contribution in [0.1, 0.15) is 12.1 Å². The minimum Gasteiger partial charge on any atom is -0.477 e. The van der Waals surface area contributed by atoms with Crippen molar-refractivity contribution in [1.29, 1.82) is 0 Å². The number of nitrogen functional groups attached to an aromatic ring is 1. The summed E-state index contributed by atoms with van der Waals surface area (Å²) in [7, 11) is 0. The summed E-state index contributed by atoms with van der Waals surface area (Å²) in [5.74, 6) is -2.39. The second-order valence-electron chi connectivity index (χ2n) is 7.45. The number of thiazole rings is 1. The molecule has 2 amide bonds. The van der Waals surface area contributed by atoms with Gasteiger partial charge in [-0.15, -0.1) is 33.3 Å². The van der Waals surface area contributed by atoms with Gasteiger partial charge in [0.1, 0.15) is 29.4 Å². The van der Waals surface area contributed by atoms with Crippen molar-refractivity contribution in [1.82, 2.24) is 35.8 Å². The molecule has 0 radical (unpaired) electrons. The van der Waals surface area contributed by atoms with Gasteiger partial charge in [-0.05, 0) is 17.2 Å². The average molecular weight is 568 g/mol. The van der Waals surface area contributed by atoms with Crippen LogP contribution in [0.15, 0.2) is 39.6 Å². The predicted molar refractivity (Wildman–Crippen MR) is 134 cm³/mol. The number of carbonyl (C=O) groups is 3. The molecule has 0 aliphatic carbocycles. The Bertz CT molecular complexity index is 1250. The van der Waals surface area contributed by atoms with E-state index in [4.69, 9.17) is 10.6 Å². The van der Waals surface area contributed by atoms with Crippen LogP contribution in [0.5, 0.6) is 0 Å². The van der Waals surface area contributed by atoms with Gasteiger partial charge in [0, 0.05) is 23.0 Å². The Balaban J connectivity index is 1.55. The Morgan fingerprint density at radius 1 is 1.51 bits per heavy atom. The van der Waals surface area contributed by atoms with Gasteiger partial charge in [-0.3, -0.25) is 14.5 Å². The van der Waals surface area contributed by atoms with E-state index in [1.807, 2.05) is 0 Å². The zero-order valence-corrected chi connectivity index (χ0v) is 21.4. The topological polar surface area (TPSA) is 222 Å². The van der Waals surface area contributed by atoms with Crippen molar-refractivity contribution in [2.45, 2.75) is 28.2 Å². The summed E-state index contributed by atoms with van der Waals surface area (Å²) in [6.45, 7) is 3.34. The Morgan fingerprint density at radius 2 is 2.32 bits per heavy atom. The SMILES string of the molecule is C=CCON=C(C(=O)NC1C(=O)N2C(C(=O)O)=C(C(CCO)Sc3nn[nH]n3)CS[C@H]12)c1csc(N)n1. The zero-order valence-electron chi connectivity index (χ0n) is 18.9. The van der Waals surface area contributed by atoms with Crippen LogP contribution in [0.2, 0.25) is 0 Å². The number of rotatable bonds is 12. The number of aromatic nitrogens is 5. The second-order valence-corrected chi connectivity index (χ2v) is 10.6. The number of aromatic amines is 1. The first-order chi connectivity index (χ1) is 17.8. The number of aliphatic hydroxyl groups excluding tert-OH is 1.